The summed E-state index contributed by atoms with van der Waals surface area (Å²) in [6, 6.07) is 2.98. The molecule has 1 N–H and O–H groups in total. The fourth-order valence-corrected chi connectivity index (χ4v) is 6.63. The molecule has 2 aliphatic rings. The summed E-state index contributed by atoms with van der Waals surface area (Å²) < 4.78 is 111. The van der Waals surface area contributed by atoms with Crippen molar-refractivity contribution in [2.75, 3.05) is 13.1 Å². The number of ether oxygens (including phenoxy) is 2. The monoisotopic (exact) mass is 636 g/mol. The molecule has 42 heavy (non-hydrogen) atoms. The first-order valence-corrected chi connectivity index (χ1v) is 15.2. The molecule has 4 heterocycles. The number of amides is 1. The van der Waals surface area contributed by atoms with Crippen molar-refractivity contribution in [1.29, 1.82) is 0 Å². The Balaban J connectivity index is 1.20. The van der Waals surface area contributed by atoms with Crippen LogP contribution in [0, 0.1) is 5.82 Å². The van der Waals surface area contributed by atoms with Crippen LogP contribution in [0.3, 0.4) is 0 Å². The van der Waals surface area contributed by atoms with Gasteiger partial charge in [0.1, 0.15) is 35.2 Å². The number of rotatable bonds is 8. The maximum Gasteiger partial charge on any atom is 0.282 e. The molecule has 17 heteroatoms. The molecule has 10 nitrogen and oxygen atoms in total. The minimum Gasteiger partial charge on any atom is -0.342 e. The lowest BCUT2D eigenvalue weighted by molar-refractivity contribution is -0.155. The van der Waals surface area contributed by atoms with E-state index in [1.165, 1.54) is 22.3 Å². The van der Waals surface area contributed by atoms with Gasteiger partial charge in [-0.2, -0.15) is 13.5 Å². The summed E-state index contributed by atoms with van der Waals surface area (Å²) in [6.45, 7) is -0.358. The van der Waals surface area contributed by atoms with Crippen LogP contribution >= 0.6 is 11.3 Å². The zero-order valence-corrected chi connectivity index (χ0v) is 23.4. The van der Waals surface area contributed by atoms with Crippen molar-refractivity contribution in [3.63, 3.8) is 0 Å². The highest BCUT2D eigenvalue weighted by molar-refractivity contribution is 7.85. The van der Waals surface area contributed by atoms with Gasteiger partial charge in [0.15, 0.2) is 0 Å². The SMILES string of the molecule is O=C(Cn1nc(C(F)F)cc1C(F)F)N1CCC(c2nc(C3OCc4c(F)ccc(CS(=O)(=O)O)c4CO3)cs2)CC1. The van der Waals surface area contributed by atoms with Crippen molar-refractivity contribution in [1.82, 2.24) is 19.7 Å². The number of hydrogen-bond acceptors (Lipinski definition) is 8. The normalized spacial score (nSPS) is 18.5. The lowest BCUT2D eigenvalue weighted by Gasteiger charge is -2.31. The Labute approximate surface area is 240 Å². The van der Waals surface area contributed by atoms with Gasteiger partial charge >= 0.3 is 0 Å². The van der Waals surface area contributed by atoms with Crippen LogP contribution in [0.15, 0.2) is 23.6 Å². The smallest absolute Gasteiger partial charge is 0.282 e. The van der Waals surface area contributed by atoms with E-state index < -0.39 is 64.7 Å². The average Bonchev–Trinajstić information content (AvgIpc) is 3.52. The zero-order valence-electron chi connectivity index (χ0n) is 21.8. The molecule has 1 amide bonds. The number of piperidine rings is 1. The number of carbonyl (C=O) groups excluding carboxylic acids is 1. The fraction of sp³-hybridized carbons (Fsp3) is 0.480. The van der Waals surface area contributed by atoms with Crippen molar-refractivity contribution in [3.8, 4) is 0 Å². The number of hydrogen-bond donors (Lipinski definition) is 1. The molecule has 0 saturated carbocycles. The topological polar surface area (TPSA) is 124 Å². The minimum absolute atomic E-state index is 0.0265. The van der Waals surface area contributed by atoms with Gasteiger partial charge in [-0.15, -0.1) is 11.3 Å². The lowest BCUT2D eigenvalue weighted by Crippen LogP contribution is -2.40. The number of nitrogens with zero attached hydrogens (tertiary/aromatic N) is 4. The quantitative estimate of drug-likeness (QED) is 0.274. The molecule has 0 aliphatic carbocycles. The highest BCUT2D eigenvalue weighted by Crippen LogP contribution is 2.35. The molecule has 0 radical (unpaired) electrons. The van der Waals surface area contributed by atoms with Gasteiger partial charge in [0, 0.05) is 30.0 Å². The molecule has 0 spiro atoms. The molecular formula is C25H25F5N4O6S2. The van der Waals surface area contributed by atoms with Crippen LogP contribution in [0.25, 0.3) is 0 Å². The van der Waals surface area contributed by atoms with Crippen LogP contribution in [0.5, 0.6) is 0 Å². The molecule has 1 atom stereocenters. The van der Waals surface area contributed by atoms with E-state index in [0.717, 1.165) is 11.1 Å². The fourth-order valence-electron chi connectivity index (χ4n) is 4.98. The standard InChI is InChI=1S/C25H25F5N4O6S2/c26-17-2-1-14(12-42(36,37)38)15-9-39-25(40-10-16(15)17)19-11-41-24(31-19)13-3-5-33(6-4-13)21(35)8-34-20(23(29)30)7-18(32-34)22(27)28/h1-2,7,11,13,22-23,25H,3-6,8-10,12H2,(H,36,37,38). The Morgan fingerprint density at radius 2 is 1.79 bits per heavy atom. The van der Waals surface area contributed by atoms with Gasteiger partial charge in [0.25, 0.3) is 23.0 Å². The Morgan fingerprint density at radius 1 is 1.10 bits per heavy atom. The average molecular weight is 637 g/mol. The highest BCUT2D eigenvalue weighted by Gasteiger charge is 2.30. The van der Waals surface area contributed by atoms with E-state index >= 15 is 0 Å². The van der Waals surface area contributed by atoms with Crippen molar-refractivity contribution in [2.45, 2.75) is 63.4 Å². The molecule has 1 fully saturated rings. The molecule has 3 aromatic rings. The van der Waals surface area contributed by atoms with Gasteiger partial charge in [-0.05, 0) is 36.1 Å². The molecule has 228 valence electrons. The number of halogens is 5. The molecule has 2 aliphatic heterocycles. The Kier molecular flexibility index (Phi) is 8.94. The third-order valence-electron chi connectivity index (χ3n) is 7.11. The first-order chi connectivity index (χ1) is 19.9. The Morgan fingerprint density at radius 3 is 2.43 bits per heavy atom. The first-order valence-electron chi connectivity index (χ1n) is 12.7. The molecule has 2 aromatic heterocycles. The number of aromatic nitrogens is 3. The molecule has 1 unspecified atom stereocenters. The summed E-state index contributed by atoms with van der Waals surface area (Å²) in [6.07, 6.45) is -6.02. The van der Waals surface area contributed by atoms with E-state index in [2.05, 4.69) is 10.1 Å². The van der Waals surface area contributed by atoms with E-state index in [9.17, 15) is 39.7 Å². The van der Waals surface area contributed by atoms with Gasteiger partial charge in [-0.25, -0.2) is 26.9 Å². The van der Waals surface area contributed by atoms with E-state index in [1.807, 2.05) is 0 Å². The maximum atomic E-state index is 14.5. The van der Waals surface area contributed by atoms with Crippen molar-refractivity contribution < 1.29 is 49.2 Å². The largest absolute Gasteiger partial charge is 0.342 e. The Bertz CT molecular complexity index is 1560. The van der Waals surface area contributed by atoms with Crippen molar-refractivity contribution >= 4 is 27.4 Å². The predicted molar refractivity (Wildman–Crippen MR) is 137 cm³/mol. The van der Waals surface area contributed by atoms with Crippen LogP contribution in [-0.4, -0.2) is 51.6 Å². The van der Waals surface area contributed by atoms with Gasteiger partial charge in [0.05, 0.1) is 18.2 Å². The molecule has 1 saturated heterocycles. The van der Waals surface area contributed by atoms with Crippen LogP contribution in [0.1, 0.15) is 76.7 Å². The zero-order chi connectivity index (χ0) is 30.2. The van der Waals surface area contributed by atoms with Gasteiger partial charge in [0.2, 0.25) is 12.2 Å². The van der Waals surface area contributed by atoms with Gasteiger partial charge in [-0.3, -0.25) is 14.0 Å². The van der Waals surface area contributed by atoms with Crippen LogP contribution < -0.4 is 0 Å². The summed E-state index contributed by atoms with van der Waals surface area (Å²) in [5, 5.41) is 5.95. The van der Waals surface area contributed by atoms with Crippen LogP contribution in [-0.2, 0) is 49.9 Å². The second-order valence-electron chi connectivity index (χ2n) is 9.86. The van der Waals surface area contributed by atoms with E-state index in [4.69, 9.17) is 9.47 Å². The van der Waals surface area contributed by atoms with E-state index in [0.29, 0.717) is 42.4 Å². The lowest BCUT2D eigenvalue weighted by atomic mass is 9.97. The van der Waals surface area contributed by atoms with Crippen LogP contribution in [0.2, 0.25) is 0 Å². The third-order valence-corrected chi connectivity index (χ3v) is 8.81. The second kappa shape index (κ2) is 12.3. The number of fused-ring (bicyclic) bond motifs is 1. The number of carbonyl (C=O) groups is 1. The molecule has 5 rings (SSSR count). The number of thiazole rings is 1. The summed E-state index contributed by atoms with van der Waals surface area (Å²) in [5.74, 6) is -1.83. The molecule has 0 bridgehead atoms. The van der Waals surface area contributed by atoms with Gasteiger partial charge < -0.3 is 14.4 Å². The Hall–Kier alpha value is -2.99. The van der Waals surface area contributed by atoms with Gasteiger partial charge in [-0.1, -0.05) is 6.07 Å². The second-order valence-corrected chi connectivity index (χ2v) is 12.2. The predicted octanol–water partition coefficient (Wildman–Crippen LogP) is 4.89. The summed E-state index contributed by atoms with van der Waals surface area (Å²) in [4.78, 5) is 18.8. The summed E-state index contributed by atoms with van der Waals surface area (Å²) in [5.41, 5.74) is -0.508. The summed E-state index contributed by atoms with van der Waals surface area (Å²) in [7, 11) is -4.36. The van der Waals surface area contributed by atoms with Crippen molar-refractivity contribution in [2.24, 2.45) is 0 Å². The molecular weight excluding hydrogens is 611 g/mol. The molecule has 1 aromatic carbocycles. The maximum absolute atomic E-state index is 14.5. The minimum atomic E-state index is -4.36. The number of alkyl halides is 4. The number of likely N-dealkylation sites (tertiary alicyclic amines) is 1. The highest BCUT2D eigenvalue weighted by atomic mass is 32.2. The summed E-state index contributed by atoms with van der Waals surface area (Å²) >= 11 is 1.35. The number of benzene rings is 1. The van der Waals surface area contributed by atoms with Crippen LogP contribution in [0.4, 0.5) is 22.0 Å². The first kappa shape index (κ1) is 30.5. The van der Waals surface area contributed by atoms with E-state index in [1.54, 1.807) is 5.38 Å². The van der Waals surface area contributed by atoms with E-state index in [-0.39, 0.29) is 35.8 Å². The van der Waals surface area contributed by atoms with Crippen molar-refractivity contribution in [3.05, 3.63) is 68.2 Å². The third kappa shape index (κ3) is 6.80.